The summed E-state index contributed by atoms with van der Waals surface area (Å²) in [7, 11) is 0. The van der Waals surface area contributed by atoms with Gasteiger partial charge in [0.05, 0.1) is 5.88 Å². The van der Waals surface area contributed by atoms with Crippen LogP contribution >= 0.6 is 11.8 Å². The smallest absolute Gasteiger partial charge is 0.222 e. The van der Waals surface area contributed by atoms with Crippen LogP contribution in [0.4, 0.5) is 0 Å². The second-order valence-corrected chi connectivity index (χ2v) is 5.12. The van der Waals surface area contributed by atoms with Crippen LogP contribution in [0.3, 0.4) is 0 Å². The first-order valence-electron chi connectivity index (χ1n) is 6.10. The third-order valence-corrected chi connectivity index (χ3v) is 3.60. The molecular formula is C13H22N2O2S. The Bertz CT molecular complexity index is 319. The zero-order chi connectivity index (χ0) is 14.0. The molecule has 0 aromatic heterocycles. The topological polar surface area (TPSA) is 58.2 Å². The fourth-order valence-corrected chi connectivity index (χ4v) is 2.17. The van der Waals surface area contributed by atoms with Gasteiger partial charge in [0.15, 0.2) is 0 Å². The van der Waals surface area contributed by atoms with E-state index in [0.29, 0.717) is 18.1 Å². The lowest BCUT2D eigenvalue weighted by Crippen LogP contribution is -2.46. The molecule has 102 valence electrons. The molecule has 0 aliphatic rings. The molecule has 0 heterocycles. The molecule has 0 unspecified atom stereocenters. The van der Waals surface area contributed by atoms with Crippen molar-refractivity contribution in [3.63, 3.8) is 0 Å². The maximum atomic E-state index is 11.7. The minimum Gasteiger partial charge on any atom is -0.347 e. The Morgan fingerprint density at radius 3 is 2.39 bits per heavy atom. The van der Waals surface area contributed by atoms with Gasteiger partial charge in [-0.1, -0.05) is 19.8 Å². The summed E-state index contributed by atoms with van der Waals surface area (Å²) < 4.78 is 0. The van der Waals surface area contributed by atoms with Crippen LogP contribution in [0.1, 0.15) is 40.0 Å². The molecule has 0 aromatic carbocycles. The SMILES string of the molecule is C#CC(CC)(CC)NC(=O)CCSCNC(C)=O. The molecule has 0 fully saturated rings. The lowest BCUT2D eigenvalue weighted by atomic mass is 9.94. The van der Waals surface area contributed by atoms with Crippen LogP contribution in [0.15, 0.2) is 0 Å². The van der Waals surface area contributed by atoms with Crippen molar-refractivity contribution in [3.05, 3.63) is 0 Å². The second kappa shape index (κ2) is 8.87. The van der Waals surface area contributed by atoms with Gasteiger partial charge in [0.2, 0.25) is 11.8 Å². The highest BCUT2D eigenvalue weighted by Gasteiger charge is 2.24. The Balaban J connectivity index is 3.90. The van der Waals surface area contributed by atoms with E-state index >= 15 is 0 Å². The van der Waals surface area contributed by atoms with Gasteiger partial charge in [0.1, 0.15) is 5.54 Å². The predicted molar refractivity (Wildman–Crippen MR) is 76.0 cm³/mol. The molecule has 2 amide bonds. The quantitative estimate of drug-likeness (QED) is 0.399. The lowest BCUT2D eigenvalue weighted by Gasteiger charge is -2.27. The average molecular weight is 270 g/mol. The maximum Gasteiger partial charge on any atom is 0.222 e. The van der Waals surface area contributed by atoms with Crippen molar-refractivity contribution in [3.8, 4) is 12.3 Å². The molecule has 0 radical (unpaired) electrons. The van der Waals surface area contributed by atoms with Crippen LogP contribution in [-0.4, -0.2) is 29.0 Å². The van der Waals surface area contributed by atoms with Gasteiger partial charge < -0.3 is 10.6 Å². The molecule has 0 aromatic rings. The van der Waals surface area contributed by atoms with E-state index in [9.17, 15) is 9.59 Å². The number of hydrogen-bond acceptors (Lipinski definition) is 3. The molecule has 0 saturated carbocycles. The number of hydrogen-bond donors (Lipinski definition) is 2. The lowest BCUT2D eigenvalue weighted by molar-refractivity contribution is -0.122. The Labute approximate surface area is 114 Å². The average Bonchev–Trinajstić information content (AvgIpc) is 2.35. The standard InChI is InChI=1S/C13H22N2O2S/c1-5-13(6-2,7-3)15-12(17)8-9-18-10-14-11(4)16/h1H,6-10H2,2-4H3,(H,14,16)(H,15,17). The van der Waals surface area contributed by atoms with E-state index in [-0.39, 0.29) is 11.8 Å². The highest BCUT2D eigenvalue weighted by atomic mass is 32.2. The van der Waals surface area contributed by atoms with Gasteiger partial charge in [-0.25, -0.2) is 0 Å². The van der Waals surface area contributed by atoms with Crippen LogP contribution in [0.2, 0.25) is 0 Å². The van der Waals surface area contributed by atoms with E-state index in [2.05, 4.69) is 16.6 Å². The van der Waals surface area contributed by atoms with Crippen LogP contribution in [0, 0.1) is 12.3 Å². The molecule has 0 atom stereocenters. The minimum atomic E-state index is -0.514. The third kappa shape index (κ3) is 6.55. The van der Waals surface area contributed by atoms with Gasteiger partial charge in [0.25, 0.3) is 0 Å². The zero-order valence-corrected chi connectivity index (χ0v) is 12.2. The van der Waals surface area contributed by atoms with Crippen molar-refractivity contribution < 1.29 is 9.59 Å². The van der Waals surface area contributed by atoms with Crippen molar-refractivity contribution in [1.82, 2.24) is 10.6 Å². The molecule has 0 aliphatic heterocycles. The molecule has 2 N–H and O–H groups in total. The van der Waals surface area contributed by atoms with E-state index < -0.39 is 5.54 Å². The molecule has 0 aliphatic carbocycles. The molecule has 5 heteroatoms. The summed E-state index contributed by atoms with van der Waals surface area (Å²) in [5.41, 5.74) is -0.514. The summed E-state index contributed by atoms with van der Waals surface area (Å²) >= 11 is 1.51. The fraction of sp³-hybridized carbons (Fsp3) is 0.692. The van der Waals surface area contributed by atoms with Crippen molar-refractivity contribution in [2.24, 2.45) is 0 Å². The Hall–Kier alpha value is -1.15. The van der Waals surface area contributed by atoms with Gasteiger partial charge >= 0.3 is 0 Å². The molecule has 0 bridgehead atoms. The first-order chi connectivity index (χ1) is 8.49. The molecular weight excluding hydrogens is 248 g/mol. The number of carbonyl (C=O) groups excluding carboxylic acids is 2. The van der Waals surface area contributed by atoms with Crippen LogP contribution in [-0.2, 0) is 9.59 Å². The molecule has 0 rings (SSSR count). The van der Waals surface area contributed by atoms with Crippen molar-refractivity contribution in [2.75, 3.05) is 11.6 Å². The highest BCUT2D eigenvalue weighted by Crippen LogP contribution is 2.14. The van der Waals surface area contributed by atoms with Crippen LogP contribution in [0.25, 0.3) is 0 Å². The maximum absolute atomic E-state index is 11.7. The van der Waals surface area contributed by atoms with Crippen molar-refractivity contribution in [1.29, 1.82) is 0 Å². The normalized spacial score (nSPS) is 10.6. The fourth-order valence-electron chi connectivity index (χ4n) is 1.39. The van der Waals surface area contributed by atoms with Gasteiger partial charge in [-0.2, -0.15) is 0 Å². The highest BCUT2D eigenvalue weighted by molar-refractivity contribution is 7.99. The van der Waals surface area contributed by atoms with Gasteiger partial charge in [-0.15, -0.1) is 18.2 Å². The summed E-state index contributed by atoms with van der Waals surface area (Å²) in [6, 6.07) is 0. The summed E-state index contributed by atoms with van der Waals surface area (Å²) in [6.07, 6.45) is 7.33. The summed E-state index contributed by atoms with van der Waals surface area (Å²) in [5.74, 6) is 3.77. The number of amides is 2. The monoisotopic (exact) mass is 270 g/mol. The molecule has 18 heavy (non-hydrogen) atoms. The first kappa shape index (κ1) is 16.9. The third-order valence-electron chi connectivity index (χ3n) is 2.76. The summed E-state index contributed by atoms with van der Waals surface area (Å²) in [6.45, 7) is 5.40. The van der Waals surface area contributed by atoms with Gasteiger partial charge in [0, 0.05) is 19.1 Å². The minimum absolute atomic E-state index is 0.0352. The summed E-state index contributed by atoms with van der Waals surface area (Å²) in [5, 5.41) is 5.56. The van der Waals surface area contributed by atoms with Crippen LogP contribution < -0.4 is 10.6 Å². The Morgan fingerprint density at radius 2 is 1.94 bits per heavy atom. The molecule has 0 saturated heterocycles. The molecule has 0 spiro atoms. The summed E-state index contributed by atoms with van der Waals surface area (Å²) in [4.78, 5) is 22.3. The first-order valence-corrected chi connectivity index (χ1v) is 7.26. The Kier molecular flexibility index (Phi) is 8.30. The number of nitrogens with one attached hydrogen (secondary N) is 2. The van der Waals surface area contributed by atoms with Crippen molar-refractivity contribution in [2.45, 2.75) is 45.6 Å². The van der Waals surface area contributed by atoms with E-state index in [4.69, 9.17) is 6.42 Å². The number of rotatable bonds is 8. The van der Waals surface area contributed by atoms with Gasteiger partial charge in [-0.05, 0) is 12.8 Å². The largest absolute Gasteiger partial charge is 0.347 e. The van der Waals surface area contributed by atoms with E-state index in [0.717, 1.165) is 12.8 Å². The van der Waals surface area contributed by atoms with Crippen molar-refractivity contribution >= 4 is 23.6 Å². The number of carbonyl (C=O) groups is 2. The molecule has 4 nitrogen and oxygen atoms in total. The predicted octanol–water partition coefficient (Wildman–Crippen LogP) is 1.51. The van der Waals surface area contributed by atoms with Crippen LogP contribution in [0.5, 0.6) is 0 Å². The van der Waals surface area contributed by atoms with E-state index in [1.165, 1.54) is 18.7 Å². The van der Waals surface area contributed by atoms with Gasteiger partial charge in [-0.3, -0.25) is 9.59 Å². The van der Waals surface area contributed by atoms with E-state index in [1.807, 2.05) is 13.8 Å². The second-order valence-electron chi connectivity index (χ2n) is 4.02. The van der Waals surface area contributed by atoms with E-state index in [1.54, 1.807) is 0 Å². The number of thioether (sulfide) groups is 1. The number of terminal acetylenes is 1. The zero-order valence-electron chi connectivity index (χ0n) is 11.3. The Morgan fingerprint density at radius 1 is 1.33 bits per heavy atom.